The lowest BCUT2D eigenvalue weighted by molar-refractivity contribution is -0.00272. The van der Waals surface area contributed by atoms with Crippen LogP contribution in [0.5, 0.6) is 0 Å². The third kappa shape index (κ3) is 7.61. The lowest BCUT2D eigenvalue weighted by atomic mass is 9.88. The fourth-order valence-electron chi connectivity index (χ4n) is 5.23. The Morgan fingerprint density at radius 2 is 1.67 bits per heavy atom. The van der Waals surface area contributed by atoms with Gasteiger partial charge in [0.15, 0.2) is 11.6 Å². The minimum atomic E-state index is -0.902. The molecule has 208 valence electrons. The Morgan fingerprint density at radius 1 is 0.897 bits per heavy atom. The number of halogens is 3. The molecule has 1 heterocycles. The van der Waals surface area contributed by atoms with Crippen molar-refractivity contribution in [1.82, 2.24) is 0 Å². The SMILES string of the molecule is C=CCCOCc1ccc(-c2ccc(-c3ccc(C4CCC(CCCCCC)OC4)c(F)c3)cc2)c(F)c1F. The van der Waals surface area contributed by atoms with E-state index in [2.05, 4.69) is 13.5 Å². The van der Waals surface area contributed by atoms with Gasteiger partial charge < -0.3 is 9.47 Å². The van der Waals surface area contributed by atoms with Crippen molar-refractivity contribution >= 4 is 0 Å². The monoisotopic (exact) mass is 536 g/mol. The van der Waals surface area contributed by atoms with Crippen LogP contribution in [-0.4, -0.2) is 19.3 Å². The smallest absolute Gasteiger partial charge is 0.167 e. The van der Waals surface area contributed by atoms with E-state index >= 15 is 4.39 Å². The van der Waals surface area contributed by atoms with E-state index in [1.165, 1.54) is 25.7 Å². The van der Waals surface area contributed by atoms with E-state index < -0.39 is 11.6 Å². The highest BCUT2D eigenvalue weighted by atomic mass is 19.2. The topological polar surface area (TPSA) is 18.5 Å². The molecular formula is C34H39F3O2. The Labute approximate surface area is 230 Å². The molecule has 1 saturated heterocycles. The minimum Gasteiger partial charge on any atom is -0.378 e. The zero-order chi connectivity index (χ0) is 27.6. The number of hydrogen-bond donors (Lipinski definition) is 0. The van der Waals surface area contributed by atoms with Crippen LogP contribution >= 0.6 is 0 Å². The molecule has 1 fully saturated rings. The Balaban J connectivity index is 1.38. The lowest BCUT2D eigenvalue weighted by Crippen LogP contribution is -2.25. The molecule has 0 aromatic heterocycles. The van der Waals surface area contributed by atoms with Gasteiger partial charge in [-0.05, 0) is 54.0 Å². The van der Waals surface area contributed by atoms with Crippen molar-refractivity contribution in [1.29, 1.82) is 0 Å². The van der Waals surface area contributed by atoms with Crippen LogP contribution in [0.2, 0.25) is 0 Å². The molecule has 0 aliphatic carbocycles. The molecule has 1 aliphatic heterocycles. The van der Waals surface area contributed by atoms with Crippen LogP contribution in [0.3, 0.4) is 0 Å². The number of ether oxygens (including phenoxy) is 2. The summed E-state index contributed by atoms with van der Waals surface area (Å²) in [7, 11) is 0. The summed E-state index contributed by atoms with van der Waals surface area (Å²) < 4.78 is 56.0. The van der Waals surface area contributed by atoms with E-state index in [4.69, 9.17) is 9.47 Å². The van der Waals surface area contributed by atoms with Crippen LogP contribution in [0.4, 0.5) is 13.2 Å². The molecule has 3 aromatic rings. The molecule has 2 unspecified atom stereocenters. The van der Waals surface area contributed by atoms with Crippen molar-refractivity contribution in [3.63, 3.8) is 0 Å². The maximum atomic E-state index is 15.2. The molecule has 0 bridgehead atoms. The Bertz CT molecular complexity index is 1210. The third-order valence-corrected chi connectivity index (χ3v) is 7.61. The normalized spacial score (nSPS) is 17.3. The molecule has 0 saturated carbocycles. The van der Waals surface area contributed by atoms with Crippen LogP contribution in [0.25, 0.3) is 22.3 Å². The van der Waals surface area contributed by atoms with Gasteiger partial charge in [0.05, 0.1) is 25.9 Å². The van der Waals surface area contributed by atoms with Crippen molar-refractivity contribution in [3.8, 4) is 22.3 Å². The molecule has 1 aliphatic rings. The highest BCUT2D eigenvalue weighted by Gasteiger charge is 2.25. The summed E-state index contributed by atoms with van der Waals surface area (Å²) in [5, 5.41) is 0. The second-order valence-corrected chi connectivity index (χ2v) is 10.4. The first-order valence-corrected chi connectivity index (χ1v) is 14.2. The second-order valence-electron chi connectivity index (χ2n) is 10.4. The summed E-state index contributed by atoms with van der Waals surface area (Å²) in [6.07, 6.45) is 10.6. The molecule has 0 spiro atoms. The highest BCUT2D eigenvalue weighted by molar-refractivity contribution is 5.71. The van der Waals surface area contributed by atoms with Gasteiger partial charge in [0, 0.05) is 17.0 Å². The third-order valence-electron chi connectivity index (χ3n) is 7.61. The number of unbranched alkanes of at least 4 members (excludes halogenated alkanes) is 3. The van der Waals surface area contributed by atoms with Gasteiger partial charge in [-0.3, -0.25) is 0 Å². The Hall–Kier alpha value is -2.89. The maximum absolute atomic E-state index is 15.2. The van der Waals surface area contributed by atoms with Gasteiger partial charge in [-0.15, -0.1) is 6.58 Å². The summed E-state index contributed by atoms with van der Waals surface area (Å²) >= 11 is 0. The molecule has 39 heavy (non-hydrogen) atoms. The first-order valence-electron chi connectivity index (χ1n) is 14.2. The molecule has 0 amide bonds. The molecule has 0 radical (unpaired) electrons. The number of benzene rings is 3. The Morgan fingerprint density at radius 3 is 2.36 bits per heavy atom. The van der Waals surface area contributed by atoms with Crippen molar-refractivity contribution in [2.45, 2.75) is 76.9 Å². The summed E-state index contributed by atoms with van der Waals surface area (Å²) in [6.45, 7) is 6.79. The fourth-order valence-corrected chi connectivity index (χ4v) is 5.23. The molecule has 2 nitrogen and oxygen atoms in total. The molecule has 3 aromatic carbocycles. The van der Waals surface area contributed by atoms with E-state index in [1.54, 1.807) is 48.5 Å². The minimum absolute atomic E-state index is 0.00395. The van der Waals surface area contributed by atoms with E-state index in [9.17, 15) is 8.78 Å². The number of rotatable bonds is 13. The summed E-state index contributed by atoms with van der Waals surface area (Å²) in [5.74, 6) is -1.96. The standard InChI is InChI=1S/C34H39F3O2/c1-3-5-7-8-9-29-17-14-27(23-39-29)30-18-15-26(21-32(30)35)24-10-12-25(13-11-24)31-19-16-28(33(36)34(31)37)22-38-20-6-4-2/h4,10-13,15-16,18-19,21,27,29H,2-3,5-9,14,17,20,22-23H2,1H3. The zero-order valence-electron chi connectivity index (χ0n) is 22.9. The quantitative estimate of drug-likeness (QED) is 0.160. The average molecular weight is 537 g/mol. The summed E-state index contributed by atoms with van der Waals surface area (Å²) in [4.78, 5) is 0. The zero-order valence-corrected chi connectivity index (χ0v) is 22.9. The van der Waals surface area contributed by atoms with Crippen LogP contribution in [0, 0.1) is 17.5 Å². The summed E-state index contributed by atoms with van der Waals surface area (Å²) in [6, 6.07) is 15.5. The van der Waals surface area contributed by atoms with Gasteiger partial charge in [0.1, 0.15) is 5.82 Å². The molecule has 4 rings (SSSR count). The van der Waals surface area contributed by atoms with Crippen molar-refractivity contribution in [2.24, 2.45) is 0 Å². The van der Waals surface area contributed by atoms with Crippen molar-refractivity contribution < 1.29 is 22.6 Å². The van der Waals surface area contributed by atoms with Crippen LogP contribution in [0.1, 0.15) is 75.3 Å². The molecular weight excluding hydrogens is 497 g/mol. The van der Waals surface area contributed by atoms with E-state index in [-0.39, 0.29) is 29.5 Å². The molecule has 0 N–H and O–H groups in total. The van der Waals surface area contributed by atoms with E-state index in [0.717, 1.165) is 30.4 Å². The van der Waals surface area contributed by atoms with E-state index in [0.29, 0.717) is 36.9 Å². The van der Waals surface area contributed by atoms with Crippen LogP contribution in [-0.2, 0) is 16.1 Å². The summed E-state index contributed by atoms with van der Waals surface area (Å²) in [5.41, 5.74) is 3.16. The predicted molar refractivity (Wildman–Crippen MR) is 152 cm³/mol. The average Bonchev–Trinajstić information content (AvgIpc) is 2.96. The van der Waals surface area contributed by atoms with Gasteiger partial charge in [-0.25, -0.2) is 13.2 Å². The number of hydrogen-bond acceptors (Lipinski definition) is 2. The van der Waals surface area contributed by atoms with Crippen LogP contribution < -0.4 is 0 Å². The molecule has 5 heteroatoms. The van der Waals surface area contributed by atoms with Gasteiger partial charge in [0.2, 0.25) is 0 Å². The van der Waals surface area contributed by atoms with Gasteiger partial charge in [0.25, 0.3) is 0 Å². The highest BCUT2D eigenvalue weighted by Crippen LogP contribution is 2.34. The van der Waals surface area contributed by atoms with Crippen LogP contribution in [0.15, 0.2) is 67.3 Å². The van der Waals surface area contributed by atoms with Crippen molar-refractivity contribution in [3.05, 3.63) is 95.8 Å². The van der Waals surface area contributed by atoms with Crippen molar-refractivity contribution in [2.75, 3.05) is 13.2 Å². The predicted octanol–water partition coefficient (Wildman–Crippen LogP) is 9.76. The first kappa shape index (κ1) is 29.1. The maximum Gasteiger partial charge on any atom is 0.167 e. The largest absolute Gasteiger partial charge is 0.378 e. The van der Waals surface area contributed by atoms with Gasteiger partial charge in [-0.1, -0.05) is 87.2 Å². The first-order chi connectivity index (χ1) is 19.0. The van der Waals surface area contributed by atoms with Gasteiger partial charge in [-0.2, -0.15) is 0 Å². The fraction of sp³-hybridized carbons (Fsp3) is 0.412. The second kappa shape index (κ2) is 14.5. The van der Waals surface area contributed by atoms with Gasteiger partial charge >= 0.3 is 0 Å². The van der Waals surface area contributed by atoms with E-state index in [1.807, 2.05) is 12.1 Å². The Kier molecular flexibility index (Phi) is 10.8. The lowest BCUT2D eigenvalue weighted by Gasteiger charge is -2.29. The molecule has 2 atom stereocenters.